The topological polar surface area (TPSA) is 73.6 Å². The van der Waals surface area contributed by atoms with Crippen molar-refractivity contribution in [2.45, 2.75) is 26.2 Å². The Morgan fingerprint density at radius 1 is 1.11 bits per heavy atom. The summed E-state index contributed by atoms with van der Waals surface area (Å²) in [5, 5.41) is 6.79. The van der Waals surface area contributed by atoms with Gasteiger partial charge in [-0.25, -0.2) is 0 Å². The number of amides is 1. The van der Waals surface area contributed by atoms with Crippen LogP contribution >= 0.6 is 0 Å². The predicted octanol–water partition coefficient (Wildman–Crippen LogP) is 4.49. The molecule has 1 amide bonds. The van der Waals surface area contributed by atoms with Gasteiger partial charge in [-0.05, 0) is 30.0 Å². The Balaban J connectivity index is 1.61. The number of hydrogen-bond donors (Lipinski definition) is 1. The maximum absolute atomic E-state index is 12.3. The minimum atomic E-state index is -0.158. The van der Waals surface area contributed by atoms with Gasteiger partial charge in [0.25, 0.3) is 0 Å². The number of nitrogens with one attached hydrogen (secondary N) is 1. The van der Waals surface area contributed by atoms with Crippen molar-refractivity contribution < 1.29 is 18.8 Å². The molecule has 1 heterocycles. The van der Waals surface area contributed by atoms with Gasteiger partial charge >= 0.3 is 0 Å². The zero-order valence-electron chi connectivity index (χ0n) is 16.3. The van der Waals surface area contributed by atoms with Gasteiger partial charge < -0.3 is 14.0 Å². The predicted molar refractivity (Wildman–Crippen MR) is 108 cm³/mol. The number of para-hydroxylation sites is 1. The van der Waals surface area contributed by atoms with Crippen LogP contribution in [-0.4, -0.2) is 25.3 Å². The molecule has 0 spiro atoms. The zero-order chi connectivity index (χ0) is 19.9. The van der Waals surface area contributed by atoms with Crippen LogP contribution in [0.25, 0.3) is 11.3 Å². The quantitative estimate of drug-likeness (QED) is 0.623. The van der Waals surface area contributed by atoms with Crippen LogP contribution in [0.3, 0.4) is 0 Å². The second-order valence-corrected chi connectivity index (χ2v) is 6.33. The van der Waals surface area contributed by atoms with E-state index in [2.05, 4.69) is 29.5 Å². The molecule has 0 saturated heterocycles. The molecule has 2 aromatic carbocycles. The number of benzene rings is 2. The summed E-state index contributed by atoms with van der Waals surface area (Å²) in [5.41, 5.74) is 3.80. The molecule has 28 heavy (non-hydrogen) atoms. The van der Waals surface area contributed by atoms with E-state index in [1.165, 1.54) is 5.56 Å². The fourth-order valence-electron chi connectivity index (χ4n) is 2.98. The van der Waals surface area contributed by atoms with Gasteiger partial charge in [-0.3, -0.25) is 10.1 Å². The van der Waals surface area contributed by atoms with Crippen molar-refractivity contribution in [3.63, 3.8) is 0 Å². The summed E-state index contributed by atoms with van der Waals surface area (Å²) in [6, 6.07) is 15.5. The number of ether oxygens (including phenoxy) is 2. The number of anilines is 1. The molecule has 1 aromatic heterocycles. The normalized spacial score (nSPS) is 10.5. The third kappa shape index (κ3) is 4.52. The number of carbonyl (C=O) groups excluding carboxylic acids is 1. The molecule has 0 fully saturated rings. The largest absolute Gasteiger partial charge is 0.493 e. The summed E-state index contributed by atoms with van der Waals surface area (Å²) in [6.45, 7) is 2.11. The highest BCUT2D eigenvalue weighted by atomic mass is 16.5. The summed E-state index contributed by atoms with van der Waals surface area (Å²) >= 11 is 0. The third-order valence-corrected chi connectivity index (χ3v) is 4.54. The molecule has 6 nitrogen and oxygen atoms in total. The average Bonchev–Trinajstić information content (AvgIpc) is 3.20. The van der Waals surface area contributed by atoms with Crippen LogP contribution in [0, 0.1) is 0 Å². The van der Waals surface area contributed by atoms with Gasteiger partial charge in [0.2, 0.25) is 11.8 Å². The average molecular weight is 380 g/mol. The molecule has 0 aliphatic rings. The molecular formula is C22H24N2O4. The highest BCUT2D eigenvalue weighted by molar-refractivity contribution is 5.90. The lowest BCUT2D eigenvalue weighted by Crippen LogP contribution is -2.12. The van der Waals surface area contributed by atoms with Crippen molar-refractivity contribution in [1.29, 1.82) is 0 Å². The molecule has 0 bridgehead atoms. The van der Waals surface area contributed by atoms with E-state index in [9.17, 15) is 4.79 Å². The first kappa shape index (κ1) is 19.5. The summed E-state index contributed by atoms with van der Waals surface area (Å²) in [4.78, 5) is 12.3. The standard InChI is InChI=1S/C22H24N2O4/c1-4-15-8-10-16(11-9-15)18-14-21(28-24-18)23-20(25)13-12-17-6-5-7-19(26-2)22(17)27-3/h5-11,14H,4,12-13H2,1-3H3,(H,23,25). The van der Waals surface area contributed by atoms with Crippen molar-refractivity contribution in [2.75, 3.05) is 19.5 Å². The van der Waals surface area contributed by atoms with Crippen LogP contribution in [0.4, 0.5) is 5.88 Å². The van der Waals surface area contributed by atoms with Gasteiger partial charge in [-0.1, -0.05) is 48.5 Å². The van der Waals surface area contributed by atoms with E-state index in [0.717, 1.165) is 17.5 Å². The molecule has 0 saturated carbocycles. The van der Waals surface area contributed by atoms with Gasteiger partial charge in [0.05, 0.1) is 14.2 Å². The Kier molecular flexibility index (Phi) is 6.32. The van der Waals surface area contributed by atoms with E-state index >= 15 is 0 Å². The van der Waals surface area contributed by atoms with Crippen molar-refractivity contribution in [3.05, 3.63) is 59.7 Å². The minimum absolute atomic E-state index is 0.158. The SMILES string of the molecule is CCc1ccc(-c2cc(NC(=O)CCc3cccc(OC)c3OC)on2)cc1. The summed E-state index contributed by atoms with van der Waals surface area (Å²) in [6.07, 6.45) is 1.79. The summed E-state index contributed by atoms with van der Waals surface area (Å²) < 4.78 is 15.9. The first-order chi connectivity index (χ1) is 13.6. The van der Waals surface area contributed by atoms with Gasteiger partial charge in [0, 0.05) is 18.1 Å². The summed E-state index contributed by atoms with van der Waals surface area (Å²) in [5.74, 6) is 1.47. The number of methoxy groups -OCH3 is 2. The molecule has 0 atom stereocenters. The number of nitrogens with zero attached hydrogens (tertiary/aromatic N) is 1. The van der Waals surface area contributed by atoms with Crippen LogP contribution in [0.15, 0.2) is 53.1 Å². The van der Waals surface area contributed by atoms with Crippen LogP contribution in [-0.2, 0) is 17.6 Å². The van der Waals surface area contributed by atoms with Crippen molar-refractivity contribution in [2.24, 2.45) is 0 Å². The molecule has 1 N–H and O–H groups in total. The Labute approximate surface area is 164 Å². The molecule has 3 rings (SSSR count). The highest BCUT2D eigenvalue weighted by Gasteiger charge is 2.13. The lowest BCUT2D eigenvalue weighted by molar-refractivity contribution is -0.116. The molecule has 146 valence electrons. The second kappa shape index (κ2) is 9.08. The van der Waals surface area contributed by atoms with Crippen LogP contribution in [0.5, 0.6) is 11.5 Å². The molecular weight excluding hydrogens is 356 g/mol. The Morgan fingerprint density at radius 2 is 1.89 bits per heavy atom. The van der Waals surface area contributed by atoms with E-state index in [-0.39, 0.29) is 12.3 Å². The number of aryl methyl sites for hydroxylation is 2. The van der Waals surface area contributed by atoms with Gasteiger partial charge in [0.1, 0.15) is 5.69 Å². The Bertz CT molecular complexity index is 932. The van der Waals surface area contributed by atoms with E-state index < -0.39 is 0 Å². The number of carbonyl (C=O) groups is 1. The van der Waals surface area contributed by atoms with Gasteiger partial charge in [0.15, 0.2) is 11.5 Å². The fourth-order valence-corrected chi connectivity index (χ4v) is 2.98. The Hall–Kier alpha value is -3.28. The summed E-state index contributed by atoms with van der Waals surface area (Å²) in [7, 11) is 3.18. The van der Waals surface area contributed by atoms with Crippen molar-refractivity contribution in [1.82, 2.24) is 5.16 Å². The minimum Gasteiger partial charge on any atom is -0.493 e. The number of aromatic nitrogens is 1. The van der Waals surface area contributed by atoms with Crippen LogP contribution in [0.2, 0.25) is 0 Å². The highest BCUT2D eigenvalue weighted by Crippen LogP contribution is 2.31. The first-order valence-electron chi connectivity index (χ1n) is 9.20. The smallest absolute Gasteiger partial charge is 0.231 e. The van der Waals surface area contributed by atoms with Crippen molar-refractivity contribution >= 4 is 11.8 Å². The molecule has 0 aliphatic carbocycles. The molecule has 3 aromatic rings. The van der Waals surface area contributed by atoms with E-state index in [1.807, 2.05) is 30.3 Å². The van der Waals surface area contributed by atoms with Crippen LogP contribution < -0.4 is 14.8 Å². The number of rotatable bonds is 8. The maximum Gasteiger partial charge on any atom is 0.231 e. The second-order valence-electron chi connectivity index (χ2n) is 6.33. The maximum atomic E-state index is 12.3. The van der Waals surface area contributed by atoms with Crippen LogP contribution in [0.1, 0.15) is 24.5 Å². The third-order valence-electron chi connectivity index (χ3n) is 4.54. The van der Waals surface area contributed by atoms with Gasteiger partial charge in [-0.15, -0.1) is 0 Å². The van der Waals surface area contributed by atoms with E-state index in [0.29, 0.717) is 29.5 Å². The number of hydrogen-bond acceptors (Lipinski definition) is 5. The molecule has 0 unspecified atom stereocenters. The van der Waals surface area contributed by atoms with Crippen molar-refractivity contribution in [3.8, 4) is 22.8 Å². The van der Waals surface area contributed by atoms with Gasteiger partial charge in [-0.2, -0.15) is 0 Å². The molecule has 0 radical (unpaired) electrons. The lowest BCUT2D eigenvalue weighted by Gasteiger charge is -2.12. The molecule has 0 aliphatic heterocycles. The first-order valence-corrected chi connectivity index (χ1v) is 9.20. The lowest BCUT2D eigenvalue weighted by atomic mass is 10.1. The zero-order valence-corrected chi connectivity index (χ0v) is 16.3. The Morgan fingerprint density at radius 3 is 2.57 bits per heavy atom. The fraction of sp³-hybridized carbons (Fsp3) is 0.273. The monoisotopic (exact) mass is 380 g/mol. The molecule has 6 heteroatoms. The van der Waals surface area contributed by atoms with E-state index in [1.54, 1.807) is 20.3 Å². The van der Waals surface area contributed by atoms with E-state index in [4.69, 9.17) is 14.0 Å².